The number of benzene rings is 1. The van der Waals surface area contributed by atoms with E-state index in [0.29, 0.717) is 11.1 Å². The van der Waals surface area contributed by atoms with Crippen LogP contribution >= 0.6 is 0 Å². The van der Waals surface area contributed by atoms with E-state index in [1.54, 1.807) is 38.0 Å². The molecule has 21 heavy (non-hydrogen) atoms. The molecule has 0 bridgehead atoms. The van der Waals surface area contributed by atoms with E-state index < -0.39 is 17.2 Å². The number of halogens is 2. The second-order valence-corrected chi connectivity index (χ2v) is 5.44. The van der Waals surface area contributed by atoms with Gasteiger partial charge in [-0.2, -0.15) is 5.10 Å². The summed E-state index contributed by atoms with van der Waals surface area (Å²) in [5.74, 6) is -1.21. The Morgan fingerprint density at radius 3 is 2.71 bits per heavy atom. The Bertz CT molecular complexity index is 625. The normalized spacial score (nSPS) is 15.7. The van der Waals surface area contributed by atoms with E-state index in [-0.39, 0.29) is 12.6 Å². The van der Waals surface area contributed by atoms with Gasteiger partial charge in [-0.15, -0.1) is 0 Å². The van der Waals surface area contributed by atoms with Crippen LogP contribution in [0.15, 0.2) is 30.6 Å². The first kappa shape index (κ1) is 15.6. The highest BCUT2D eigenvalue weighted by atomic mass is 19.1. The molecule has 0 saturated carbocycles. The summed E-state index contributed by atoms with van der Waals surface area (Å²) in [5.41, 5.74) is -0.0957. The van der Waals surface area contributed by atoms with Gasteiger partial charge in [0.15, 0.2) is 0 Å². The molecule has 0 saturated heterocycles. The van der Waals surface area contributed by atoms with Crippen molar-refractivity contribution in [2.24, 2.45) is 7.05 Å². The minimum atomic E-state index is -1.13. The molecule has 1 aromatic heterocycles. The van der Waals surface area contributed by atoms with E-state index in [1.165, 1.54) is 12.1 Å². The fraction of sp³-hybridized carbons (Fsp3) is 0.400. The van der Waals surface area contributed by atoms with Gasteiger partial charge in [0.2, 0.25) is 0 Å². The number of rotatable bonds is 5. The first-order chi connectivity index (χ1) is 9.79. The third kappa shape index (κ3) is 3.65. The molecule has 2 N–H and O–H groups in total. The summed E-state index contributed by atoms with van der Waals surface area (Å²) < 4.78 is 28.2. The predicted octanol–water partition coefficient (Wildman–Crippen LogP) is 2.26. The number of nitrogens with zero attached hydrogens (tertiary/aromatic N) is 2. The van der Waals surface area contributed by atoms with Gasteiger partial charge in [0, 0.05) is 43.0 Å². The number of hydrogen-bond donors (Lipinski definition) is 2. The fourth-order valence-electron chi connectivity index (χ4n) is 2.12. The van der Waals surface area contributed by atoms with E-state index >= 15 is 0 Å². The van der Waals surface area contributed by atoms with Crippen LogP contribution in [-0.4, -0.2) is 21.4 Å². The van der Waals surface area contributed by atoms with Gasteiger partial charge in [-0.25, -0.2) is 8.78 Å². The lowest BCUT2D eigenvalue weighted by atomic mass is 9.98. The summed E-state index contributed by atoms with van der Waals surface area (Å²) in [6, 6.07) is 3.12. The summed E-state index contributed by atoms with van der Waals surface area (Å²) >= 11 is 0. The zero-order valence-electron chi connectivity index (χ0n) is 12.3. The van der Waals surface area contributed by atoms with Gasteiger partial charge in [-0.05, 0) is 19.9 Å². The summed E-state index contributed by atoms with van der Waals surface area (Å²) in [5, 5.41) is 17.5. The summed E-state index contributed by atoms with van der Waals surface area (Å²) in [6.45, 7) is 3.64. The molecule has 2 atom stereocenters. The number of aromatic nitrogens is 2. The SMILES string of the molecule is CC(NCC(C)(O)c1cnn(C)c1)c1ccc(F)cc1F. The molecule has 0 amide bonds. The molecule has 0 aliphatic rings. The van der Waals surface area contributed by atoms with Crippen molar-refractivity contribution in [1.82, 2.24) is 15.1 Å². The van der Waals surface area contributed by atoms with Gasteiger partial charge in [0.25, 0.3) is 0 Å². The third-order valence-electron chi connectivity index (χ3n) is 3.51. The smallest absolute Gasteiger partial charge is 0.130 e. The zero-order valence-corrected chi connectivity index (χ0v) is 12.3. The van der Waals surface area contributed by atoms with Crippen molar-refractivity contribution < 1.29 is 13.9 Å². The highest BCUT2D eigenvalue weighted by Crippen LogP contribution is 2.22. The zero-order chi connectivity index (χ0) is 15.6. The van der Waals surface area contributed by atoms with Crippen LogP contribution in [0.2, 0.25) is 0 Å². The van der Waals surface area contributed by atoms with Crippen LogP contribution in [0.25, 0.3) is 0 Å². The molecule has 2 rings (SSSR count). The van der Waals surface area contributed by atoms with Gasteiger partial charge in [0.05, 0.1) is 6.20 Å². The highest BCUT2D eigenvalue weighted by molar-refractivity contribution is 5.22. The number of aliphatic hydroxyl groups is 1. The lowest BCUT2D eigenvalue weighted by molar-refractivity contribution is 0.0541. The molecule has 2 unspecified atom stereocenters. The molecule has 0 aliphatic heterocycles. The Morgan fingerprint density at radius 1 is 1.43 bits per heavy atom. The lowest BCUT2D eigenvalue weighted by Crippen LogP contribution is -2.36. The van der Waals surface area contributed by atoms with Gasteiger partial charge >= 0.3 is 0 Å². The molecular formula is C15H19F2N3O. The van der Waals surface area contributed by atoms with Gasteiger partial charge in [0.1, 0.15) is 17.2 Å². The summed E-state index contributed by atoms with van der Waals surface area (Å²) in [4.78, 5) is 0. The fourth-order valence-corrected chi connectivity index (χ4v) is 2.12. The third-order valence-corrected chi connectivity index (χ3v) is 3.51. The van der Waals surface area contributed by atoms with Gasteiger partial charge in [-0.1, -0.05) is 6.07 Å². The Balaban J connectivity index is 2.05. The van der Waals surface area contributed by atoms with Crippen molar-refractivity contribution in [3.63, 3.8) is 0 Å². The minimum absolute atomic E-state index is 0.219. The van der Waals surface area contributed by atoms with E-state index in [4.69, 9.17) is 0 Å². The largest absolute Gasteiger partial charge is 0.384 e. The van der Waals surface area contributed by atoms with Crippen LogP contribution in [0.1, 0.15) is 31.0 Å². The molecule has 0 radical (unpaired) electrons. The average Bonchev–Trinajstić information content (AvgIpc) is 2.84. The monoisotopic (exact) mass is 295 g/mol. The maximum absolute atomic E-state index is 13.7. The molecule has 4 nitrogen and oxygen atoms in total. The van der Waals surface area contributed by atoms with Crippen molar-refractivity contribution in [2.45, 2.75) is 25.5 Å². The Labute approximate surface area is 122 Å². The van der Waals surface area contributed by atoms with Crippen molar-refractivity contribution in [3.05, 3.63) is 53.4 Å². The molecule has 1 aromatic carbocycles. The average molecular weight is 295 g/mol. The molecule has 114 valence electrons. The Hall–Kier alpha value is -1.79. The molecule has 6 heteroatoms. The van der Waals surface area contributed by atoms with Crippen LogP contribution in [0, 0.1) is 11.6 Å². The predicted molar refractivity (Wildman–Crippen MR) is 75.6 cm³/mol. The first-order valence-corrected chi connectivity index (χ1v) is 6.69. The van der Waals surface area contributed by atoms with Crippen molar-refractivity contribution in [2.75, 3.05) is 6.54 Å². The maximum atomic E-state index is 13.7. The van der Waals surface area contributed by atoms with Crippen LogP contribution < -0.4 is 5.32 Å². The molecule has 0 fully saturated rings. The van der Waals surface area contributed by atoms with Crippen molar-refractivity contribution in [3.8, 4) is 0 Å². The number of aryl methyl sites for hydroxylation is 1. The summed E-state index contributed by atoms with van der Waals surface area (Å²) in [7, 11) is 1.77. The number of hydrogen-bond acceptors (Lipinski definition) is 3. The standard InChI is InChI=1S/C15H19F2N3O/c1-10(13-5-4-12(16)6-14(13)17)18-9-15(2,21)11-7-19-20(3)8-11/h4-8,10,18,21H,9H2,1-3H3. The molecular weight excluding hydrogens is 276 g/mol. The summed E-state index contributed by atoms with van der Waals surface area (Å²) in [6.07, 6.45) is 3.32. The van der Waals surface area contributed by atoms with E-state index in [9.17, 15) is 13.9 Å². The first-order valence-electron chi connectivity index (χ1n) is 6.69. The molecule has 1 heterocycles. The number of nitrogens with one attached hydrogen (secondary N) is 1. The Morgan fingerprint density at radius 2 is 2.14 bits per heavy atom. The second-order valence-electron chi connectivity index (χ2n) is 5.44. The highest BCUT2D eigenvalue weighted by Gasteiger charge is 2.25. The minimum Gasteiger partial charge on any atom is -0.384 e. The van der Waals surface area contributed by atoms with Crippen molar-refractivity contribution >= 4 is 0 Å². The van der Waals surface area contributed by atoms with E-state index in [0.717, 1.165) is 6.07 Å². The molecule has 0 aliphatic carbocycles. The molecule has 0 spiro atoms. The van der Waals surface area contributed by atoms with Gasteiger partial charge in [-0.3, -0.25) is 4.68 Å². The lowest BCUT2D eigenvalue weighted by Gasteiger charge is -2.25. The van der Waals surface area contributed by atoms with Crippen molar-refractivity contribution in [1.29, 1.82) is 0 Å². The van der Waals surface area contributed by atoms with Crippen LogP contribution in [0.5, 0.6) is 0 Å². The van der Waals surface area contributed by atoms with Gasteiger partial charge < -0.3 is 10.4 Å². The van der Waals surface area contributed by atoms with E-state index in [1.807, 2.05) is 0 Å². The van der Waals surface area contributed by atoms with Crippen LogP contribution in [0.4, 0.5) is 8.78 Å². The van der Waals surface area contributed by atoms with E-state index in [2.05, 4.69) is 10.4 Å². The topological polar surface area (TPSA) is 50.1 Å². The van der Waals surface area contributed by atoms with Crippen LogP contribution in [0.3, 0.4) is 0 Å². The second kappa shape index (κ2) is 5.91. The van der Waals surface area contributed by atoms with Crippen LogP contribution in [-0.2, 0) is 12.6 Å². The maximum Gasteiger partial charge on any atom is 0.130 e. The molecule has 2 aromatic rings. The Kier molecular flexibility index (Phi) is 4.39. The quantitative estimate of drug-likeness (QED) is 0.889.